The van der Waals surface area contributed by atoms with Crippen molar-refractivity contribution >= 4 is 14.3 Å². The third kappa shape index (κ3) is 5.07. The highest BCUT2D eigenvalue weighted by Crippen LogP contribution is 2.37. The van der Waals surface area contributed by atoms with Gasteiger partial charge in [0.15, 0.2) is 8.32 Å². The molecule has 1 rings (SSSR count). The van der Waals surface area contributed by atoms with Crippen LogP contribution in [0.4, 0.5) is 0 Å². The summed E-state index contributed by atoms with van der Waals surface area (Å²) in [5.74, 6) is -0.451. The van der Waals surface area contributed by atoms with Gasteiger partial charge in [0.1, 0.15) is 0 Å². The molecule has 0 radical (unpaired) electrons. The molecule has 0 aromatic carbocycles. The number of aliphatic hydroxyl groups is 1. The average molecular weight is 327 g/mol. The van der Waals surface area contributed by atoms with Crippen LogP contribution in [0, 0.1) is 5.92 Å². The minimum atomic E-state index is -1.80. The summed E-state index contributed by atoms with van der Waals surface area (Å²) in [5.41, 5.74) is 1.79. The second-order valence-electron chi connectivity index (χ2n) is 7.40. The third-order valence-corrected chi connectivity index (χ3v) is 9.14. The highest BCUT2D eigenvalue weighted by molar-refractivity contribution is 6.74. The molecule has 0 saturated heterocycles. The predicted octanol–water partition coefficient (Wildman–Crippen LogP) is 3.44. The van der Waals surface area contributed by atoms with Gasteiger partial charge < -0.3 is 14.3 Å². The third-order valence-electron chi connectivity index (χ3n) is 4.66. The lowest BCUT2D eigenvalue weighted by molar-refractivity contribution is -0.136. The van der Waals surface area contributed by atoms with Gasteiger partial charge in [0.2, 0.25) is 0 Å². The van der Waals surface area contributed by atoms with Crippen LogP contribution in [0.3, 0.4) is 0 Å². The van der Waals surface area contributed by atoms with Gasteiger partial charge in [-0.25, -0.2) is 4.79 Å². The van der Waals surface area contributed by atoms with Gasteiger partial charge >= 0.3 is 5.97 Å². The molecule has 0 aromatic heterocycles. The highest BCUT2D eigenvalue weighted by atomic mass is 28.4. The van der Waals surface area contributed by atoms with E-state index in [-0.39, 0.29) is 23.5 Å². The number of ether oxygens (including phenoxy) is 1. The topological polar surface area (TPSA) is 55.8 Å². The molecule has 5 heteroatoms. The summed E-state index contributed by atoms with van der Waals surface area (Å²) < 4.78 is 11.0. The van der Waals surface area contributed by atoms with E-state index < -0.39 is 8.32 Å². The van der Waals surface area contributed by atoms with Crippen molar-refractivity contribution in [3.63, 3.8) is 0 Å². The van der Waals surface area contributed by atoms with E-state index in [1.165, 1.54) is 7.11 Å². The maximum atomic E-state index is 11.7. The summed E-state index contributed by atoms with van der Waals surface area (Å²) in [6.07, 6.45) is 5.25. The molecule has 1 aliphatic carbocycles. The van der Waals surface area contributed by atoms with E-state index in [2.05, 4.69) is 33.9 Å². The van der Waals surface area contributed by atoms with E-state index >= 15 is 0 Å². The summed E-state index contributed by atoms with van der Waals surface area (Å²) in [4.78, 5) is 11.7. The van der Waals surface area contributed by atoms with Gasteiger partial charge in [0.25, 0.3) is 0 Å². The Labute approximate surface area is 135 Å². The average Bonchev–Trinajstić information content (AvgIpc) is 2.65. The second-order valence-corrected chi connectivity index (χ2v) is 12.2. The van der Waals surface area contributed by atoms with Crippen LogP contribution < -0.4 is 0 Å². The van der Waals surface area contributed by atoms with Crippen molar-refractivity contribution in [2.24, 2.45) is 5.92 Å². The highest BCUT2D eigenvalue weighted by Gasteiger charge is 2.37. The Bertz CT molecular complexity index is 458. The molecule has 1 atom stereocenters. The van der Waals surface area contributed by atoms with Crippen LogP contribution in [0.2, 0.25) is 18.1 Å². The molecule has 0 bridgehead atoms. The standard InChI is InChI=1S/C17H30O4Si/c1-17(2,3)22(5,6)21-12-13-7-8-15(16(19)20-4)10-14(9-13)11-18/h9-10,14,18H,7-8,11-12H2,1-6H3. The normalized spacial score (nSPS) is 20.0. The van der Waals surface area contributed by atoms with Gasteiger partial charge in [0, 0.05) is 11.5 Å². The van der Waals surface area contributed by atoms with Crippen molar-refractivity contribution < 1.29 is 19.1 Å². The van der Waals surface area contributed by atoms with Crippen molar-refractivity contribution in [2.45, 2.75) is 51.7 Å². The van der Waals surface area contributed by atoms with E-state index in [0.29, 0.717) is 18.6 Å². The minimum absolute atomic E-state index is 0.00983. The lowest BCUT2D eigenvalue weighted by Gasteiger charge is -2.36. The molecule has 1 N–H and O–H groups in total. The van der Waals surface area contributed by atoms with Gasteiger partial charge in [-0.05, 0) is 36.5 Å². The first kappa shape index (κ1) is 19.1. The fourth-order valence-electron chi connectivity index (χ4n) is 2.09. The van der Waals surface area contributed by atoms with Crippen LogP contribution in [0.5, 0.6) is 0 Å². The summed E-state index contributed by atoms with van der Waals surface area (Å²) in [6, 6.07) is 0. The van der Waals surface area contributed by atoms with Crippen LogP contribution in [0.25, 0.3) is 0 Å². The fraction of sp³-hybridized carbons (Fsp3) is 0.706. The quantitative estimate of drug-likeness (QED) is 0.478. The van der Waals surface area contributed by atoms with Crippen LogP contribution in [0.15, 0.2) is 23.3 Å². The van der Waals surface area contributed by atoms with E-state index in [0.717, 1.165) is 12.0 Å². The Morgan fingerprint density at radius 3 is 2.45 bits per heavy atom. The Kier molecular flexibility index (Phi) is 6.59. The van der Waals surface area contributed by atoms with E-state index in [4.69, 9.17) is 9.16 Å². The molecule has 0 aromatic rings. The van der Waals surface area contributed by atoms with Crippen LogP contribution >= 0.6 is 0 Å². The largest absolute Gasteiger partial charge is 0.466 e. The van der Waals surface area contributed by atoms with E-state index in [9.17, 15) is 9.90 Å². The molecule has 0 amide bonds. The first-order valence-corrected chi connectivity index (χ1v) is 10.7. The zero-order valence-electron chi connectivity index (χ0n) is 14.7. The van der Waals surface area contributed by atoms with E-state index in [1.54, 1.807) is 0 Å². The molecular weight excluding hydrogens is 296 g/mol. The lowest BCUT2D eigenvalue weighted by atomic mass is 10.1. The van der Waals surface area contributed by atoms with Gasteiger partial charge in [-0.1, -0.05) is 32.9 Å². The fourth-order valence-corrected chi connectivity index (χ4v) is 3.07. The molecule has 0 aliphatic heterocycles. The number of carbonyl (C=O) groups is 1. The number of hydrogen-bond donors (Lipinski definition) is 1. The molecule has 22 heavy (non-hydrogen) atoms. The number of carbonyl (C=O) groups excluding carboxylic acids is 1. The number of aliphatic hydroxyl groups excluding tert-OH is 1. The predicted molar refractivity (Wildman–Crippen MR) is 91.1 cm³/mol. The van der Waals surface area contributed by atoms with Crippen LogP contribution in [0.1, 0.15) is 33.6 Å². The first-order chi connectivity index (χ1) is 10.1. The van der Waals surface area contributed by atoms with E-state index in [1.807, 2.05) is 12.2 Å². The number of methoxy groups -OCH3 is 1. The first-order valence-electron chi connectivity index (χ1n) is 7.84. The zero-order chi connectivity index (χ0) is 17.0. The monoisotopic (exact) mass is 326 g/mol. The SMILES string of the molecule is COC(=O)C1=CC(CO)C=C(CO[Si](C)(C)C(C)(C)C)CC1. The molecule has 1 unspecified atom stereocenters. The zero-order valence-corrected chi connectivity index (χ0v) is 15.7. The molecule has 0 heterocycles. The molecule has 0 spiro atoms. The molecule has 0 fully saturated rings. The summed E-state index contributed by atoms with van der Waals surface area (Å²) in [7, 11) is -0.409. The summed E-state index contributed by atoms with van der Waals surface area (Å²) in [6.45, 7) is 11.7. The van der Waals surface area contributed by atoms with Crippen molar-refractivity contribution in [3.8, 4) is 0 Å². The van der Waals surface area contributed by atoms with Gasteiger partial charge in [-0.2, -0.15) is 0 Å². The Balaban J connectivity index is 2.76. The maximum Gasteiger partial charge on any atom is 0.333 e. The maximum absolute atomic E-state index is 11.7. The van der Waals surface area contributed by atoms with Crippen LogP contribution in [-0.4, -0.2) is 39.7 Å². The van der Waals surface area contributed by atoms with Gasteiger partial charge in [-0.15, -0.1) is 0 Å². The Morgan fingerprint density at radius 2 is 1.95 bits per heavy atom. The van der Waals surface area contributed by atoms with Crippen molar-refractivity contribution in [1.82, 2.24) is 0 Å². The van der Waals surface area contributed by atoms with Crippen molar-refractivity contribution in [1.29, 1.82) is 0 Å². The molecule has 0 saturated carbocycles. The van der Waals surface area contributed by atoms with Crippen molar-refractivity contribution in [3.05, 3.63) is 23.3 Å². The second kappa shape index (κ2) is 7.57. The number of esters is 1. The molecule has 1 aliphatic rings. The Morgan fingerprint density at radius 1 is 1.32 bits per heavy atom. The number of rotatable bonds is 5. The Hall–Kier alpha value is -0.913. The van der Waals surface area contributed by atoms with Gasteiger partial charge in [-0.3, -0.25) is 0 Å². The number of hydrogen-bond acceptors (Lipinski definition) is 4. The van der Waals surface area contributed by atoms with Crippen LogP contribution in [-0.2, 0) is 14.0 Å². The van der Waals surface area contributed by atoms with Crippen molar-refractivity contribution in [2.75, 3.05) is 20.3 Å². The lowest BCUT2D eigenvalue weighted by Crippen LogP contribution is -2.41. The summed E-state index contributed by atoms with van der Waals surface area (Å²) in [5, 5.41) is 9.66. The minimum Gasteiger partial charge on any atom is -0.466 e. The molecular formula is C17H30O4Si. The van der Waals surface area contributed by atoms with Gasteiger partial charge in [0.05, 0.1) is 20.3 Å². The molecule has 126 valence electrons. The smallest absolute Gasteiger partial charge is 0.333 e. The molecule has 4 nitrogen and oxygen atoms in total. The summed E-state index contributed by atoms with van der Waals surface area (Å²) >= 11 is 0.